The lowest BCUT2D eigenvalue weighted by molar-refractivity contribution is 0.105. The van der Waals surface area contributed by atoms with Crippen LogP contribution in [0.15, 0.2) is 12.2 Å². The Balaban J connectivity index is 2.27. The Morgan fingerprint density at radius 2 is 1.05 bits per heavy atom. The van der Waals surface area contributed by atoms with Gasteiger partial charge in [-0.05, 0) is 18.3 Å². The Morgan fingerprint density at radius 1 is 0.714 bits per heavy atom. The standard InChI is InChI=1S/C19H20N2/c1-5-11-20(12-6-2)18-16-9-10-17(15-16)19(18)21(13-7-3)14-8-4/h1-4,9-10,16-19H,11-15H2/t16-,17+,18-,19+. The molecular weight excluding hydrogens is 256 g/mol. The summed E-state index contributed by atoms with van der Waals surface area (Å²) >= 11 is 0. The maximum atomic E-state index is 5.51. The minimum atomic E-state index is 0.300. The monoisotopic (exact) mass is 276 g/mol. The predicted octanol–water partition coefficient (Wildman–Crippen LogP) is 1.07. The van der Waals surface area contributed by atoms with E-state index in [4.69, 9.17) is 25.7 Å². The van der Waals surface area contributed by atoms with E-state index >= 15 is 0 Å². The molecule has 0 spiro atoms. The third kappa shape index (κ3) is 2.99. The highest BCUT2D eigenvalue weighted by atomic mass is 15.3. The molecule has 0 aromatic carbocycles. The summed E-state index contributed by atoms with van der Waals surface area (Å²) < 4.78 is 0. The van der Waals surface area contributed by atoms with Crippen molar-refractivity contribution in [3.05, 3.63) is 12.2 Å². The second-order valence-electron chi connectivity index (χ2n) is 5.56. The lowest BCUT2D eigenvalue weighted by Gasteiger charge is -2.41. The summed E-state index contributed by atoms with van der Waals surface area (Å²) in [7, 11) is 0. The van der Waals surface area contributed by atoms with Crippen LogP contribution in [0, 0.1) is 61.2 Å². The molecule has 106 valence electrons. The van der Waals surface area contributed by atoms with Gasteiger partial charge in [0.15, 0.2) is 0 Å². The van der Waals surface area contributed by atoms with E-state index in [1.54, 1.807) is 0 Å². The third-order valence-electron chi connectivity index (χ3n) is 4.40. The minimum Gasteiger partial charge on any atom is -0.276 e. The van der Waals surface area contributed by atoms with Gasteiger partial charge in [0.05, 0.1) is 26.2 Å². The zero-order valence-electron chi connectivity index (χ0n) is 12.2. The van der Waals surface area contributed by atoms with Crippen LogP contribution >= 0.6 is 0 Å². The fraction of sp³-hybridized carbons (Fsp3) is 0.474. The number of rotatable bonds is 6. The maximum absolute atomic E-state index is 5.51. The number of terminal acetylenes is 4. The van der Waals surface area contributed by atoms with E-state index < -0.39 is 0 Å². The first-order valence-electron chi connectivity index (χ1n) is 7.17. The van der Waals surface area contributed by atoms with E-state index in [0.717, 1.165) is 6.42 Å². The van der Waals surface area contributed by atoms with Crippen LogP contribution < -0.4 is 0 Å². The van der Waals surface area contributed by atoms with Crippen LogP contribution in [0.5, 0.6) is 0 Å². The van der Waals surface area contributed by atoms with Crippen LogP contribution in [0.3, 0.4) is 0 Å². The van der Waals surface area contributed by atoms with E-state index in [-0.39, 0.29) is 0 Å². The summed E-state index contributed by atoms with van der Waals surface area (Å²) in [4.78, 5) is 4.41. The van der Waals surface area contributed by atoms with Gasteiger partial charge in [0.1, 0.15) is 0 Å². The van der Waals surface area contributed by atoms with Crippen LogP contribution in [0.25, 0.3) is 0 Å². The van der Waals surface area contributed by atoms with Gasteiger partial charge in [0.25, 0.3) is 0 Å². The molecule has 0 unspecified atom stereocenters. The molecular formula is C19H20N2. The molecule has 2 nitrogen and oxygen atoms in total. The Morgan fingerprint density at radius 3 is 1.33 bits per heavy atom. The highest BCUT2D eigenvalue weighted by Crippen LogP contribution is 2.44. The van der Waals surface area contributed by atoms with Gasteiger partial charge in [-0.25, -0.2) is 0 Å². The van der Waals surface area contributed by atoms with Crippen molar-refractivity contribution in [1.82, 2.24) is 9.80 Å². The van der Waals surface area contributed by atoms with Crippen LogP contribution in [0.4, 0.5) is 0 Å². The molecule has 1 saturated carbocycles. The van der Waals surface area contributed by atoms with Gasteiger partial charge in [-0.15, -0.1) is 25.7 Å². The van der Waals surface area contributed by atoms with Crippen LogP contribution in [0.1, 0.15) is 6.42 Å². The molecule has 2 aliphatic carbocycles. The summed E-state index contributed by atoms with van der Waals surface area (Å²) in [6.07, 6.45) is 27.7. The highest BCUT2D eigenvalue weighted by Gasteiger charge is 2.49. The van der Waals surface area contributed by atoms with E-state index in [0.29, 0.717) is 50.1 Å². The molecule has 2 bridgehead atoms. The van der Waals surface area contributed by atoms with Crippen molar-refractivity contribution in [1.29, 1.82) is 0 Å². The van der Waals surface area contributed by atoms with Crippen molar-refractivity contribution < 1.29 is 0 Å². The van der Waals surface area contributed by atoms with Crippen molar-refractivity contribution in [3.8, 4) is 49.4 Å². The van der Waals surface area contributed by atoms with Gasteiger partial charge in [0.2, 0.25) is 0 Å². The normalized spacial score (nSPS) is 29.0. The summed E-state index contributed by atoms with van der Waals surface area (Å²) in [6.45, 7) is 2.23. The van der Waals surface area contributed by atoms with Crippen molar-refractivity contribution in [3.63, 3.8) is 0 Å². The fourth-order valence-electron chi connectivity index (χ4n) is 3.75. The first-order chi connectivity index (χ1) is 10.3. The van der Waals surface area contributed by atoms with Crippen molar-refractivity contribution in [2.24, 2.45) is 11.8 Å². The molecule has 1 fully saturated rings. The van der Waals surface area contributed by atoms with Crippen LogP contribution in [0.2, 0.25) is 0 Å². The molecule has 21 heavy (non-hydrogen) atoms. The molecule has 0 aromatic rings. The summed E-state index contributed by atoms with van der Waals surface area (Å²) in [5.74, 6) is 11.9. The van der Waals surface area contributed by atoms with Gasteiger partial charge >= 0.3 is 0 Å². The second-order valence-corrected chi connectivity index (χ2v) is 5.56. The molecule has 0 aromatic heterocycles. The Hall–Kier alpha value is -2.10. The van der Waals surface area contributed by atoms with Crippen LogP contribution in [-0.4, -0.2) is 48.1 Å². The second kappa shape index (κ2) is 7.07. The smallest absolute Gasteiger partial charge is 0.0611 e. The Kier molecular flexibility index (Phi) is 5.14. The Labute approximate surface area is 128 Å². The van der Waals surface area contributed by atoms with E-state index in [1.807, 2.05) is 0 Å². The van der Waals surface area contributed by atoms with E-state index in [1.165, 1.54) is 0 Å². The largest absolute Gasteiger partial charge is 0.276 e. The van der Waals surface area contributed by atoms with Gasteiger partial charge < -0.3 is 0 Å². The van der Waals surface area contributed by atoms with Crippen molar-refractivity contribution in [2.45, 2.75) is 18.5 Å². The van der Waals surface area contributed by atoms with E-state index in [9.17, 15) is 0 Å². The predicted molar refractivity (Wildman–Crippen MR) is 86.8 cm³/mol. The van der Waals surface area contributed by atoms with Gasteiger partial charge in [-0.1, -0.05) is 35.8 Å². The molecule has 0 saturated heterocycles. The van der Waals surface area contributed by atoms with Crippen molar-refractivity contribution >= 4 is 0 Å². The summed E-state index contributed by atoms with van der Waals surface area (Å²) in [6, 6.07) is 0.600. The zero-order chi connectivity index (χ0) is 15.2. The molecule has 4 atom stereocenters. The summed E-state index contributed by atoms with van der Waals surface area (Å²) in [5, 5.41) is 0. The number of nitrogens with zero attached hydrogens (tertiary/aromatic N) is 2. The van der Waals surface area contributed by atoms with Crippen LogP contribution in [-0.2, 0) is 0 Å². The third-order valence-corrected chi connectivity index (χ3v) is 4.40. The fourth-order valence-corrected chi connectivity index (χ4v) is 3.75. The highest BCUT2D eigenvalue weighted by molar-refractivity contribution is 5.22. The molecule has 0 amide bonds. The quantitative estimate of drug-likeness (QED) is 0.529. The van der Waals surface area contributed by atoms with Crippen molar-refractivity contribution in [2.75, 3.05) is 26.2 Å². The number of hydrogen-bond donors (Lipinski definition) is 0. The maximum Gasteiger partial charge on any atom is 0.0611 e. The van der Waals surface area contributed by atoms with E-state index in [2.05, 4.69) is 45.6 Å². The molecule has 0 radical (unpaired) electrons. The summed E-state index contributed by atoms with van der Waals surface area (Å²) in [5.41, 5.74) is 0. The SMILES string of the molecule is C#CCN(CC#C)[C@@H]1[C@H](N(CC#C)CC#C)[C@@H]2C=C[C@H]1C2. The average Bonchev–Trinajstić information content (AvgIpc) is 3.07. The molecule has 0 heterocycles. The first-order valence-corrected chi connectivity index (χ1v) is 7.17. The van der Waals surface area contributed by atoms with Gasteiger partial charge in [-0.3, -0.25) is 9.80 Å². The van der Waals surface area contributed by atoms with Gasteiger partial charge in [0, 0.05) is 12.1 Å². The lowest BCUT2D eigenvalue weighted by Crippen LogP contribution is -2.54. The number of hydrogen-bond acceptors (Lipinski definition) is 2. The average molecular weight is 276 g/mol. The van der Waals surface area contributed by atoms with Gasteiger partial charge in [-0.2, -0.15) is 0 Å². The Bertz CT molecular complexity index is 478. The number of fused-ring (bicyclic) bond motifs is 2. The molecule has 2 heteroatoms. The molecule has 2 aliphatic rings. The zero-order valence-corrected chi connectivity index (χ0v) is 12.2. The molecule has 2 rings (SSSR count). The molecule has 0 aliphatic heterocycles. The lowest BCUT2D eigenvalue weighted by atomic mass is 9.92. The minimum absolute atomic E-state index is 0.300. The molecule has 0 N–H and O–H groups in total. The topological polar surface area (TPSA) is 6.48 Å². The first kappa shape index (κ1) is 15.3.